The molecule has 0 saturated carbocycles. The number of sulfonamides is 1. The first-order valence-corrected chi connectivity index (χ1v) is 7.44. The van der Waals surface area contributed by atoms with Crippen molar-refractivity contribution in [2.75, 3.05) is 39.1 Å². The van der Waals surface area contributed by atoms with Gasteiger partial charge in [0.05, 0.1) is 12.4 Å². The molecule has 5 nitrogen and oxygen atoms in total. The van der Waals surface area contributed by atoms with Crippen molar-refractivity contribution in [3.63, 3.8) is 0 Å². The molecular weight excluding hydrogens is 228 g/mol. The highest BCUT2D eigenvalue weighted by Gasteiger charge is 2.39. The molecule has 94 valence electrons. The molecule has 2 heterocycles. The summed E-state index contributed by atoms with van der Waals surface area (Å²) in [7, 11) is -1.58. The van der Waals surface area contributed by atoms with Crippen molar-refractivity contribution in [3.8, 4) is 0 Å². The smallest absolute Gasteiger partial charge is 0.216 e. The van der Waals surface area contributed by atoms with Crippen LogP contribution in [0.3, 0.4) is 0 Å². The van der Waals surface area contributed by atoms with Crippen LogP contribution in [0.15, 0.2) is 0 Å². The van der Waals surface area contributed by atoms with E-state index in [-0.39, 0.29) is 12.4 Å². The molecule has 2 aliphatic heterocycles. The number of methoxy groups -OCH3 is 1. The molecule has 2 rings (SSSR count). The van der Waals surface area contributed by atoms with Crippen molar-refractivity contribution in [2.45, 2.75) is 18.9 Å². The highest BCUT2D eigenvalue weighted by Crippen LogP contribution is 2.26. The van der Waals surface area contributed by atoms with Crippen LogP contribution in [-0.2, 0) is 14.8 Å². The van der Waals surface area contributed by atoms with Gasteiger partial charge in [-0.15, -0.1) is 0 Å². The number of nitrogens with one attached hydrogen (secondary N) is 1. The third-order valence-electron chi connectivity index (χ3n) is 3.50. The molecule has 0 spiro atoms. The maximum Gasteiger partial charge on any atom is 0.216 e. The van der Waals surface area contributed by atoms with Gasteiger partial charge in [0, 0.05) is 26.2 Å². The van der Waals surface area contributed by atoms with Crippen LogP contribution in [0, 0.1) is 5.92 Å². The monoisotopic (exact) mass is 248 g/mol. The zero-order valence-corrected chi connectivity index (χ0v) is 10.5. The first-order valence-electron chi connectivity index (χ1n) is 5.83. The first kappa shape index (κ1) is 12.3. The van der Waals surface area contributed by atoms with Crippen molar-refractivity contribution in [2.24, 2.45) is 5.92 Å². The van der Waals surface area contributed by atoms with E-state index in [4.69, 9.17) is 4.74 Å². The minimum atomic E-state index is -3.11. The molecule has 0 aromatic carbocycles. The van der Waals surface area contributed by atoms with E-state index in [9.17, 15) is 8.42 Å². The fraction of sp³-hybridized carbons (Fsp3) is 1.00. The highest BCUT2D eigenvalue weighted by atomic mass is 32.2. The number of hydrogen-bond acceptors (Lipinski definition) is 4. The van der Waals surface area contributed by atoms with Crippen molar-refractivity contribution < 1.29 is 13.2 Å². The summed E-state index contributed by atoms with van der Waals surface area (Å²) in [6, 6.07) is 0.367. The van der Waals surface area contributed by atoms with Gasteiger partial charge in [-0.2, -0.15) is 4.31 Å². The molecule has 0 aromatic heterocycles. The average molecular weight is 248 g/mol. The van der Waals surface area contributed by atoms with Gasteiger partial charge in [0.1, 0.15) is 0 Å². The number of fused-ring (bicyclic) bond motifs is 1. The number of rotatable bonds is 4. The van der Waals surface area contributed by atoms with Crippen molar-refractivity contribution in [3.05, 3.63) is 0 Å². The Morgan fingerprint density at radius 1 is 1.44 bits per heavy atom. The quantitative estimate of drug-likeness (QED) is 0.738. The minimum absolute atomic E-state index is 0.100. The van der Waals surface area contributed by atoms with Crippen LogP contribution in [-0.4, -0.2) is 57.9 Å². The number of hydrogen-bond donors (Lipinski definition) is 1. The molecule has 0 radical (unpaired) electrons. The Balaban J connectivity index is 1.96. The van der Waals surface area contributed by atoms with Crippen molar-refractivity contribution in [1.29, 1.82) is 0 Å². The summed E-state index contributed by atoms with van der Waals surface area (Å²) < 4.78 is 30.4. The molecule has 0 aliphatic carbocycles. The van der Waals surface area contributed by atoms with Crippen LogP contribution in [0.2, 0.25) is 0 Å². The molecule has 2 saturated heterocycles. The summed E-state index contributed by atoms with van der Waals surface area (Å²) in [5.41, 5.74) is 0. The Morgan fingerprint density at radius 2 is 2.25 bits per heavy atom. The summed E-state index contributed by atoms with van der Waals surface area (Å²) in [6.07, 6.45) is 2.31. The molecule has 0 unspecified atom stereocenters. The molecule has 1 N–H and O–H groups in total. The van der Waals surface area contributed by atoms with Gasteiger partial charge >= 0.3 is 0 Å². The van der Waals surface area contributed by atoms with E-state index in [1.807, 2.05) is 0 Å². The lowest BCUT2D eigenvalue weighted by Gasteiger charge is -2.24. The van der Waals surface area contributed by atoms with Crippen LogP contribution < -0.4 is 5.32 Å². The van der Waals surface area contributed by atoms with Crippen LogP contribution in [0.4, 0.5) is 0 Å². The summed E-state index contributed by atoms with van der Waals surface area (Å²) >= 11 is 0. The SMILES string of the molecule is COCCS(=O)(=O)N1C[C@@H]2CCCN[C@@H]2C1. The predicted octanol–water partition coefficient (Wildman–Crippen LogP) is -0.354. The number of nitrogens with zero attached hydrogens (tertiary/aromatic N) is 1. The van der Waals surface area contributed by atoms with Crippen LogP contribution in [0.25, 0.3) is 0 Å². The summed E-state index contributed by atoms with van der Waals surface area (Å²) in [6.45, 7) is 2.62. The highest BCUT2D eigenvalue weighted by molar-refractivity contribution is 7.89. The lowest BCUT2D eigenvalue weighted by molar-refractivity contribution is 0.215. The zero-order chi connectivity index (χ0) is 11.6. The average Bonchev–Trinajstić information content (AvgIpc) is 2.71. The van der Waals surface area contributed by atoms with Gasteiger partial charge in [-0.1, -0.05) is 0 Å². The Morgan fingerprint density at radius 3 is 2.94 bits per heavy atom. The van der Waals surface area contributed by atoms with Gasteiger partial charge in [-0.25, -0.2) is 8.42 Å². The summed E-state index contributed by atoms with van der Waals surface area (Å²) in [4.78, 5) is 0. The second kappa shape index (κ2) is 5.00. The van der Waals surface area contributed by atoms with Crippen molar-refractivity contribution in [1.82, 2.24) is 9.62 Å². The normalized spacial score (nSPS) is 31.6. The lowest BCUT2D eigenvalue weighted by atomic mass is 9.94. The predicted molar refractivity (Wildman–Crippen MR) is 61.8 cm³/mol. The molecular formula is C10H20N2O3S. The fourth-order valence-corrected chi connectivity index (χ4v) is 3.99. The van der Waals surface area contributed by atoms with Crippen molar-refractivity contribution >= 4 is 10.0 Å². The van der Waals surface area contributed by atoms with Gasteiger partial charge < -0.3 is 10.1 Å². The zero-order valence-electron chi connectivity index (χ0n) is 9.68. The molecule has 0 bridgehead atoms. The third kappa shape index (κ3) is 2.56. The van der Waals surface area contributed by atoms with E-state index in [1.54, 1.807) is 4.31 Å². The number of piperidine rings is 1. The molecule has 2 aliphatic rings. The Bertz CT molecular complexity index is 317. The van der Waals surface area contributed by atoms with E-state index < -0.39 is 10.0 Å². The number of ether oxygens (including phenoxy) is 1. The maximum absolute atomic E-state index is 12.0. The van der Waals surface area contributed by atoms with Gasteiger partial charge in [0.2, 0.25) is 10.0 Å². The summed E-state index contributed by atoms with van der Waals surface area (Å²) in [5, 5.41) is 3.40. The second-order valence-corrected chi connectivity index (χ2v) is 6.68. The van der Waals surface area contributed by atoms with E-state index in [0.29, 0.717) is 25.0 Å². The Kier molecular flexibility index (Phi) is 3.84. The maximum atomic E-state index is 12.0. The fourth-order valence-electron chi connectivity index (χ4n) is 2.55. The van der Waals surface area contributed by atoms with Gasteiger partial charge in [-0.05, 0) is 25.3 Å². The molecule has 6 heteroatoms. The molecule has 0 amide bonds. The standard InChI is InChI=1S/C10H20N2O3S/c1-15-5-6-16(13,14)12-7-9-3-2-4-11-10(9)8-12/h9-11H,2-8H2,1H3/t9-,10+/m0/s1. The van der Waals surface area contributed by atoms with Gasteiger partial charge in [0.25, 0.3) is 0 Å². The largest absolute Gasteiger partial charge is 0.384 e. The molecule has 2 fully saturated rings. The topological polar surface area (TPSA) is 58.6 Å². The summed E-state index contributed by atoms with van der Waals surface area (Å²) in [5.74, 6) is 0.606. The van der Waals surface area contributed by atoms with Gasteiger partial charge in [0.15, 0.2) is 0 Å². The second-order valence-electron chi connectivity index (χ2n) is 4.59. The molecule has 16 heavy (non-hydrogen) atoms. The van der Waals surface area contributed by atoms with E-state index in [0.717, 1.165) is 19.4 Å². The van der Waals surface area contributed by atoms with E-state index in [1.165, 1.54) is 7.11 Å². The Hall–Kier alpha value is -0.170. The van der Waals surface area contributed by atoms with Crippen LogP contribution >= 0.6 is 0 Å². The molecule has 0 aromatic rings. The Labute approximate surface area is 97.2 Å². The van der Waals surface area contributed by atoms with E-state index >= 15 is 0 Å². The first-order chi connectivity index (χ1) is 7.63. The third-order valence-corrected chi connectivity index (χ3v) is 5.27. The lowest BCUT2D eigenvalue weighted by Crippen LogP contribution is -2.41. The van der Waals surface area contributed by atoms with Crippen LogP contribution in [0.1, 0.15) is 12.8 Å². The molecule has 2 atom stereocenters. The van der Waals surface area contributed by atoms with Crippen LogP contribution in [0.5, 0.6) is 0 Å². The minimum Gasteiger partial charge on any atom is -0.384 e. The van der Waals surface area contributed by atoms with E-state index in [2.05, 4.69) is 5.32 Å². The van der Waals surface area contributed by atoms with Gasteiger partial charge in [-0.3, -0.25) is 0 Å².